The number of esters is 1. The fourth-order valence-corrected chi connectivity index (χ4v) is 0.890. The molecule has 0 aliphatic carbocycles. The van der Waals surface area contributed by atoms with E-state index in [-0.39, 0.29) is 5.97 Å². The Morgan fingerprint density at radius 3 is 3.15 bits per heavy atom. The van der Waals surface area contributed by atoms with Gasteiger partial charge in [-0.25, -0.2) is 4.79 Å². The molecule has 1 heterocycles. The second-order valence-corrected chi connectivity index (χ2v) is 2.44. The molecule has 0 aromatic carbocycles. The molecule has 13 heavy (non-hydrogen) atoms. The normalized spacial score (nSPS) is 10.5. The number of hydrogen-bond acceptors (Lipinski definition) is 3. The number of ether oxygens (including phenoxy) is 1. The van der Waals surface area contributed by atoms with Gasteiger partial charge in [-0.05, 0) is 19.1 Å². The van der Waals surface area contributed by atoms with E-state index in [0.717, 1.165) is 5.76 Å². The van der Waals surface area contributed by atoms with Crippen molar-refractivity contribution in [1.29, 1.82) is 0 Å². The van der Waals surface area contributed by atoms with Gasteiger partial charge in [0, 0.05) is 12.5 Å². The van der Waals surface area contributed by atoms with E-state index in [1.54, 1.807) is 19.3 Å². The fraction of sp³-hybridized carbons (Fsp3) is 0.300. The molecule has 0 saturated carbocycles. The Kier molecular flexibility index (Phi) is 3.82. The lowest BCUT2D eigenvalue weighted by atomic mass is 10.3. The summed E-state index contributed by atoms with van der Waals surface area (Å²) >= 11 is 0. The van der Waals surface area contributed by atoms with E-state index < -0.39 is 0 Å². The number of hydrogen-bond donors (Lipinski definition) is 0. The van der Waals surface area contributed by atoms with Gasteiger partial charge in [-0.3, -0.25) is 0 Å². The van der Waals surface area contributed by atoms with E-state index in [9.17, 15) is 4.79 Å². The van der Waals surface area contributed by atoms with Crippen LogP contribution < -0.4 is 0 Å². The molecular formula is C10H12O3. The van der Waals surface area contributed by atoms with Gasteiger partial charge in [0.15, 0.2) is 0 Å². The molecule has 0 atom stereocenters. The minimum Gasteiger partial charge on any atom is -0.469 e. The molecule has 0 fully saturated rings. The van der Waals surface area contributed by atoms with Gasteiger partial charge < -0.3 is 9.15 Å². The Hall–Kier alpha value is -1.51. The van der Waals surface area contributed by atoms with Crippen molar-refractivity contribution in [2.75, 3.05) is 6.61 Å². The second-order valence-electron chi connectivity index (χ2n) is 2.44. The average molecular weight is 180 g/mol. The number of carbonyl (C=O) groups excluding carboxylic acids is 1. The minimum absolute atomic E-state index is 0.311. The summed E-state index contributed by atoms with van der Waals surface area (Å²) in [5.74, 6) is 0.523. The second kappa shape index (κ2) is 5.19. The lowest BCUT2D eigenvalue weighted by Crippen LogP contribution is -1.98. The van der Waals surface area contributed by atoms with E-state index in [0.29, 0.717) is 13.0 Å². The number of furan rings is 1. The zero-order valence-corrected chi connectivity index (χ0v) is 7.53. The number of carbonyl (C=O) groups is 1. The van der Waals surface area contributed by atoms with Crippen molar-refractivity contribution in [3.05, 3.63) is 36.3 Å². The van der Waals surface area contributed by atoms with E-state index in [1.165, 1.54) is 6.08 Å². The molecule has 70 valence electrons. The van der Waals surface area contributed by atoms with Crippen LogP contribution in [0.3, 0.4) is 0 Å². The van der Waals surface area contributed by atoms with Crippen molar-refractivity contribution >= 4 is 5.97 Å². The standard InChI is InChI=1S/C10H12O3/c1-2-12-10(11)7-3-5-9-6-4-8-13-9/h3-4,6-8H,2,5H2,1H3/b7-3+. The maximum Gasteiger partial charge on any atom is 0.330 e. The van der Waals surface area contributed by atoms with E-state index in [1.807, 2.05) is 12.1 Å². The van der Waals surface area contributed by atoms with Crippen LogP contribution in [0.25, 0.3) is 0 Å². The lowest BCUT2D eigenvalue weighted by molar-refractivity contribution is -0.137. The SMILES string of the molecule is CCOC(=O)/C=C/Cc1ccco1. The third kappa shape index (κ3) is 3.60. The van der Waals surface area contributed by atoms with Gasteiger partial charge in [-0.15, -0.1) is 0 Å². The Labute approximate surface area is 77.0 Å². The molecular weight excluding hydrogens is 168 g/mol. The first-order valence-corrected chi connectivity index (χ1v) is 4.18. The molecule has 3 heteroatoms. The number of allylic oxidation sites excluding steroid dienone is 1. The van der Waals surface area contributed by atoms with Crippen LogP contribution in [0.15, 0.2) is 35.0 Å². The predicted octanol–water partition coefficient (Wildman–Crippen LogP) is 1.94. The molecule has 0 N–H and O–H groups in total. The van der Waals surface area contributed by atoms with Crippen molar-refractivity contribution in [2.45, 2.75) is 13.3 Å². The van der Waals surface area contributed by atoms with Crippen LogP contribution in [0.5, 0.6) is 0 Å². The topological polar surface area (TPSA) is 39.4 Å². The summed E-state index contributed by atoms with van der Waals surface area (Å²) in [6, 6.07) is 3.67. The van der Waals surface area contributed by atoms with Gasteiger partial charge in [0.1, 0.15) is 5.76 Å². The Morgan fingerprint density at radius 2 is 2.54 bits per heavy atom. The van der Waals surface area contributed by atoms with Crippen LogP contribution in [-0.4, -0.2) is 12.6 Å². The largest absolute Gasteiger partial charge is 0.469 e. The van der Waals surface area contributed by atoms with E-state index in [4.69, 9.17) is 9.15 Å². The summed E-state index contributed by atoms with van der Waals surface area (Å²) < 4.78 is 9.78. The average Bonchev–Trinajstić information content (AvgIpc) is 2.57. The summed E-state index contributed by atoms with van der Waals surface area (Å²) in [6.45, 7) is 2.18. The molecule has 1 aromatic rings. The van der Waals surface area contributed by atoms with Gasteiger partial charge in [-0.1, -0.05) is 6.08 Å². The van der Waals surface area contributed by atoms with E-state index >= 15 is 0 Å². The fourth-order valence-electron chi connectivity index (χ4n) is 0.890. The summed E-state index contributed by atoms with van der Waals surface area (Å²) in [5, 5.41) is 0. The molecule has 0 aliphatic rings. The first-order valence-electron chi connectivity index (χ1n) is 4.18. The van der Waals surface area contributed by atoms with Gasteiger partial charge in [0.2, 0.25) is 0 Å². The van der Waals surface area contributed by atoms with Crippen molar-refractivity contribution in [1.82, 2.24) is 0 Å². The quantitative estimate of drug-likeness (QED) is 0.525. The van der Waals surface area contributed by atoms with Gasteiger partial charge in [0.25, 0.3) is 0 Å². The highest BCUT2D eigenvalue weighted by Crippen LogP contribution is 2.01. The van der Waals surface area contributed by atoms with Crippen LogP contribution in [0.4, 0.5) is 0 Å². The molecule has 0 saturated heterocycles. The molecule has 0 unspecified atom stereocenters. The van der Waals surface area contributed by atoms with Crippen LogP contribution in [-0.2, 0) is 16.0 Å². The van der Waals surface area contributed by atoms with Crippen molar-refractivity contribution < 1.29 is 13.9 Å². The number of rotatable bonds is 4. The smallest absolute Gasteiger partial charge is 0.330 e. The zero-order valence-electron chi connectivity index (χ0n) is 7.53. The Morgan fingerprint density at radius 1 is 1.69 bits per heavy atom. The van der Waals surface area contributed by atoms with E-state index in [2.05, 4.69) is 0 Å². The first kappa shape index (κ1) is 9.58. The molecule has 1 aromatic heterocycles. The predicted molar refractivity (Wildman–Crippen MR) is 48.2 cm³/mol. The summed E-state index contributed by atoms with van der Waals surface area (Å²) in [7, 11) is 0. The molecule has 3 nitrogen and oxygen atoms in total. The van der Waals surface area contributed by atoms with Gasteiger partial charge in [-0.2, -0.15) is 0 Å². The maximum absolute atomic E-state index is 10.8. The monoisotopic (exact) mass is 180 g/mol. The first-order chi connectivity index (χ1) is 6.33. The van der Waals surface area contributed by atoms with Crippen LogP contribution in [0.1, 0.15) is 12.7 Å². The molecule has 0 spiro atoms. The van der Waals surface area contributed by atoms with Crippen LogP contribution in [0, 0.1) is 0 Å². The Bertz CT molecular complexity index is 272. The van der Waals surface area contributed by atoms with Crippen molar-refractivity contribution in [2.24, 2.45) is 0 Å². The molecule has 0 amide bonds. The highest BCUT2D eigenvalue weighted by molar-refractivity contribution is 5.81. The summed E-state index contributed by atoms with van der Waals surface area (Å²) in [5.41, 5.74) is 0. The van der Waals surface area contributed by atoms with Crippen molar-refractivity contribution in [3.63, 3.8) is 0 Å². The highest BCUT2D eigenvalue weighted by Gasteiger charge is 1.94. The van der Waals surface area contributed by atoms with Crippen LogP contribution in [0.2, 0.25) is 0 Å². The van der Waals surface area contributed by atoms with Crippen LogP contribution >= 0.6 is 0 Å². The third-order valence-electron chi connectivity index (χ3n) is 1.44. The summed E-state index contributed by atoms with van der Waals surface area (Å²) in [6.07, 6.45) is 5.35. The maximum atomic E-state index is 10.8. The molecule has 1 rings (SSSR count). The van der Waals surface area contributed by atoms with Gasteiger partial charge in [0.05, 0.1) is 12.9 Å². The molecule has 0 radical (unpaired) electrons. The third-order valence-corrected chi connectivity index (χ3v) is 1.44. The van der Waals surface area contributed by atoms with Gasteiger partial charge >= 0.3 is 5.97 Å². The highest BCUT2D eigenvalue weighted by atomic mass is 16.5. The van der Waals surface area contributed by atoms with Crippen molar-refractivity contribution in [3.8, 4) is 0 Å². The lowest BCUT2D eigenvalue weighted by Gasteiger charge is -1.93. The zero-order chi connectivity index (χ0) is 9.52. The molecule has 0 aliphatic heterocycles. The summed E-state index contributed by atoms with van der Waals surface area (Å²) in [4.78, 5) is 10.8. The Balaban J connectivity index is 2.29. The molecule has 0 bridgehead atoms. The minimum atomic E-state index is -0.311.